The minimum atomic E-state index is -0.278. The van der Waals surface area contributed by atoms with Crippen LogP contribution < -0.4 is 2.69 Å². The Bertz CT molecular complexity index is 1000. The van der Waals surface area contributed by atoms with Crippen LogP contribution in [0.2, 0.25) is 0 Å². The van der Waals surface area contributed by atoms with Crippen molar-refractivity contribution >= 4 is 66.4 Å². The smallest absolute Gasteiger partial charge is 0.153 e. The quantitative estimate of drug-likeness (QED) is 0.203. The molecule has 1 aromatic heterocycles. The number of aromatic nitrogens is 1. The SMILES string of the molecule is Cc1ccnc2c([O][Tl])c3c(cc12)CN(Cc1ccc(F)cc1)C3=O.P.[SH-]. The minimum Gasteiger partial charge on any atom is -0.813 e. The minimum absolute atomic E-state index is 0. The van der Waals surface area contributed by atoms with E-state index in [1.54, 1.807) is 23.2 Å². The molecule has 27 heavy (non-hydrogen) atoms. The topological polar surface area (TPSA) is 42.4 Å². The maximum absolute atomic E-state index is 13.1. The van der Waals surface area contributed by atoms with Crippen LogP contribution in [-0.2, 0) is 26.6 Å². The van der Waals surface area contributed by atoms with E-state index in [0.717, 1.165) is 27.6 Å². The van der Waals surface area contributed by atoms with Crippen LogP contribution in [0.3, 0.4) is 0 Å². The van der Waals surface area contributed by atoms with Gasteiger partial charge < -0.3 is 13.5 Å². The van der Waals surface area contributed by atoms with Crippen LogP contribution in [0.15, 0.2) is 42.6 Å². The van der Waals surface area contributed by atoms with Gasteiger partial charge in [0, 0.05) is 0 Å². The van der Waals surface area contributed by atoms with Crippen molar-refractivity contribution in [2.24, 2.45) is 0 Å². The fraction of sp³-hybridized carbons (Fsp3) is 0.158. The molecule has 0 saturated carbocycles. The second-order valence-electron chi connectivity index (χ2n) is 6.17. The number of hydrogen-bond acceptors (Lipinski definition) is 4. The Balaban J connectivity index is 0.00000131. The molecule has 1 unspecified atom stereocenters. The second kappa shape index (κ2) is 8.84. The van der Waals surface area contributed by atoms with Gasteiger partial charge in [0.2, 0.25) is 0 Å². The summed E-state index contributed by atoms with van der Waals surface area (Å²) in [4.78, 5) is 19.1. The van der Waals surface area contributed by atoms with Crippen LogP contribution in [-0.4, -0.2) is 42.0 Å². The largest absolute Gasteiger partial charge is 0.813 e. The monoisotopic (exact) mass is 593 g/mol. The Kier molecular flexibility index (Phi) is 7.22. The van der Waals surface area contributed by atoms with Crippen molar-refractivity contribution < 1.29 is 11.9 Å². The van der Waals surface area contributed by atoms with Gasteiger partial charge >= 0.3 is 161 Å². The van der Waals surface area contributed by atoms with E-state index in [9.17, 15) is 9.18 Å². The summed E-state index contributed by atoms with van der Waals surface area (Å²) in [7, 11) is 0. The van der Waals surface area contributed by atoms with Crippen molar-refractivity contribution in [1.29, 1.82) is 0 Å². The molecule has 2 aromatic carbocycles. The number of hydrogen-bond donors (Lipinski definition) is 0. The zero-order valence-corrected chi connectivity index (χ0v) is 21.6. The number of pyridine rings is 1. The molecule has 0 N–H and O–H groups in total. The van der Waals surface area contributed by atoms with E-state index in [4.69, 9.17) is 2.69 Å². The zero-order chi connectivity index (χ0) is 17.6. The number of benzene rings is 2. The fourth-order valence-electron chi connectivity index (χ4n) is 3.29. The van der Waals surface area contributed by atoms with Gasteiger partial charge in [-0.3, -0.25) is 0 Å². The normalized spacial score (nSPS) is 12.3. The molecule has 0 radical (unpaired) electrons. The van der Waals surface area contributed by atoms with Crippen molar-refractivity contribution in [3.05, 3.63) is 70.7 Å². The van der Waals surface area contributed by atoms with Crippen molar-refractivity contribution in [3.63, 3.8) is 0 Å². The Hall–Kier alpha value is -1.25. The summed E-state index contributed by atoms with van der Waals surface area (Å²) in [5.41, 5.74) is 4.34. The molecule has 3 aromatic rings. The molecule has 1 aliphatic rings. The van der Waals surface area contributed by atoms with Crippen molar-refractivity contribution in [1.82, 2.24) is 9.88 Å². The van der Waals surface area contributed by atoms with Gasteiger partial charge in [0.25, 0.3) is 0 Å². The van der Waals surface area contributed by atoms with Gasteiger partial charge in [0.1, 0.15) is 0 Å². The maximum atomic E-state index is 13.1. The molecule has 1 atom stereocenters. The van der Waals surface area contributed by atoms with Crippen molar-refractivity contribution in [3.8, 4) is 5.75 Å². The van der Waals surface area contributed by atoms with Gasteiger partial charge in [-0.05, 0) is 0 Å². The predicted molar refractivity (Wildman–Crippen MR) is 113 cm³/mol. The van der Waals surface area contributed by atoms with E-state index >= 15 is 0 Å². The molecular formula is C19H18FN2O2PSTl-. The van der Waals surface area contributed by atoms with Crippen LogP contribution in [0.4, 0.5) is 4.39 Å². The molecule has 0 saturated heterocycles. The van der Waals surface area contributed by atoms with E-state index in [1.165, 1.54) is 12.1 Å². The van der Waals surface area contributed by atoms with E-state index in [0.29, 0.717) is 24.4 Å². The Morgan fingerprint density at radius 3 is 2.63 bits per heavy atom. The molecule has 4 nitrogen and oxygen atoms in total. The number of carbonyl (C=O) groups is 1. The molecule has 1 amide bonds. The molecule has 0 aliphatic carbocycles. The summed E-state index contributed by atoms with van der Waals surface area (Å²) < 4.78 is 18.8. The van der Waals surface area contributed by atoms with Crippen LogP contribution in [0.1, 0.15) is 27.0 Å². The Morgan fingerprint density at radius 2 is 1.96 bits per heavy atom. The summed E-state index contributed by atoms with van der Waals surface area (Å²) in [6, 6.07) is 10.2. The van der Waals surface area contributed by atoms with E-state index in [2.05, 4.69) is 4.98 Å². The molecular weight excluding hydrogens is 575 g/mol. The number of carbonyl (C=O) groups excluding carboxylic acids is 1. The first-order valence-corrected chi connectivity index (χ1v) is 9.73. The van der Waals surface area contributed by atoms with Crippen molar-refractivity contribution in [2.45, 2.75) is 20.0 Å². The number of amides is 1. The molecule has 0 fully saturated rings. The second-order valence-corrected chi connectivity index (χ2v) is 7.09. The number of halogens is 1. The summed E-state index contributed by atoms with van der Waals surface area (Å²) >= 11 is 0.265. The van der Waals surface area contributed by atoms with Gasteiger partial charge in [-0.15, -0.1) is 0 Å². The summed E-state index contributed by atoms with van der Waals surface area (Å²) in [5, 5.41) is 1.02. The Labute approximate surface area is 183 Å². The average Bonchev–Trinajstić information content (AvgIpc) is 2.91. The molecule has 1 aliphatic heterocycles. The third kappa shape index (κ3) is 3.98. The van der Waals surface area contributed by atoms with Crippen molar-refractivity contribution in [2.75, 3.05) is 0 Å². The molecule has 2 heterocycles. The third-order valence-corrected chi connectivity index (χ3v) is 5.47. The van der Waals surface area contributed by atoms with E-state index < -0.39 is 0 Å². The third-order valence-electron chi connectivity index (χ3n) is 4.56. The average molecular weight is 593 g/mol. The van der Waals surface area contributed by atoms with Gasteiger partial charge in [-0.1, -0.05) is 0 Å². The van der Waals surface area contributed by atoms with Crippen LogP contribution in [0.5, 0.6) is 5.75 Å². The summed E-state index contributed by atoms with van der Waals surface area (Å²) in [6.45, 7) is 3.00. The Morgan fingerprint density at radius 1 is 1.26 bits per heavy atom. The molecule has 0 spiro atoms. The zero-order valence-electron chi connectivity index (χ0n) is 14.8. The van der Waals surface area contributed by atoms with Crippen LogP contribution in [0, 0.1) is 12.7 Å². The van der Waals surface area contributed by atoms with Gasteiger partial charge in [-0.2, -0.15) is 9.90 Å². The molecule has 8 heteroatoms. The maximum Gasteiger partial charge on any atom is -0.153 e. The van der Waals surface area contributed by atoms with E-state index in [-0.39, 0.29) is 61.3 Å². The van der Waals surface area contributed by atoms with Crippen LogP contribution >= 0.6 is 9.90 Å². The first kappa shape index (κ1) is 22.0. The number of aryl methyl sites for hydroxylation is 1. The first-order chi connectivity index (χ1) is 12.1. The molecule has 0 bridgehead atoms. The van der Waals surface area contributed by atoms with Crippen LogP contribution in [0.25, 0.3) is 10.9 Å². The fourth-order valence-corrected chi connectivity index (χ4v) is 4.18. The molecule has 4 rings (SSSR count). The van der Waals surface area contributed by atoms with Gasteiger partial charge in [-0.25, -0.2) is 0 Å². The summed E-state index contributed by atoms with van der Waals surface area (Å²) in [6.07, 6.45) is 1.74. The number of rotatable bonds is 3. The molecule has 138 valence electrons. The van der Waals surface area contributed by atoms with Gasteiger partial charge in [0.05, 0.1) is 0 Å². The first-order valence-electron chi connectivity index (χ1n) is 7.90. The standard InChI is InChI=1S/C19H15FN2O2.H3P.H2S.Tl/c1-11-6-7-21-17-15(11)8-13-10-22(19(24)16(13)18(17)23)9-12-2-4-14(20)5-3-12;;;/h2-8,23H,9-10H2,1H3;1H3;1H2;/q;;;+1/p-2. The number of thiol groups is 1. The predicted octanol–water partition coefficient (Wildman–Crippen LogP) is 3.09. The number of fused-ring (bicyclic) bond motifs is 2. The van der Waals surface area contributed by atoms with Gasteiger partial charge in [0.15, 0.2) is 0 Å². The number of nitrogens with zero attached hydrogens (tertiary/aromatic N) is 2. The van der Waals surface area contributed by atoms with E-state index in [1.807, 2.05) is 19.1 Å². The summed E-state index contributed by atoms with van der Waals surface area (Å²) in [5.74, 6) is 0.271.